The minimum absolute atomic E-state index is 0.190. The average molecular weight is 194 g/mol. The highest BCUT2D eigenvalue weighted by Crippen LogP contribution is 2.42. The van der Waals surface area contributed by atoms with Gasteiger partial charge >= 0.3 is 0 Å². The van der Waals surface area contributed by atoms with Gasteiger partial charge in [-0.3, -0.25) is 0 Å². The highest BCUT2D eigenvalue weighted by atomic mass is 19.1. The number of hydrogen-bond acceptors (Lipinski definition) is 1. The van der Waals surface area contributed by atoms with Crippen LogP contribution in [0.2, 0.25) is 0 Å². The quantitative estimate of drug-likeness (QED) is 0.767. The van der Waals surface area contributed by atoms with Crippen LogP contribution in [-0.4, -0.2) is 5.11 Å². The molecule has 0 radical (unpaired) electrons. The first-order chi connectivity index (χ1) is 6.67. The summed E-state index contributed by atoms with van der Waals surface area (Å²) in [5.74, 6) is -0.190. The van der Waals surface area contributed by atoms with Crippen molar-refractivity contribution in [1.29, 1.82) is 0 Å². The molecule has 0 aliphatic heterocycles. The maximum Gasteiger partial charge on any atom is 0.126 e. The lowest BCUT2D eigenvalue weighted by Crippen LogP contribution is -2.34. The molecule has 1 aromatic rings. The van der Waals surface area contributed by atoms with Crippen LogP contribution in [0.4, 0.5) is 4.39 Å². The van der Waals surface area contributed by atoms with Gasteiger partial charge in [0.1, 0.15) is 5.82 Å². The van der Waals surface area contributed by atoms with E-state index in [1.807, 2.05) is 13.0 Å². The minimum atomic E-state index is -0.743. The Morgan fingerprint density at radius 3 is 2.64 bits per heavy atom. The van der Waals surface area contributed by atoms with Crippen molar-refractivity contribution < 1.29 is 9.50 Å². The lowest BCUT2D eigenvalue weighted by molar-refractivity contribution is -0.0397. The Kier molecular flexibility index (Phi) is 2.31. The average Bonchev–Trinajstić information content (AvgIpc) is 2.14. The van der Waals surface area contributed by atoms with Crippen LogP contribution in [0, 0.1) is 5.82 Å². The monoisotopic (exact) mass is 194 g/mol. The number of aliphatic hydroxyl groups is 1. The van der Waals surface area contributed by atoms with Crippen LogP contribution in [0.5, 0.6) is 0 Å². The summed E-state index contributed by atoms with van der Waals surface area (Å²) >= 11 is 0. The highest BCUT2D eigenvalue weighted by molar-refractivity contribution is 5.35. The summed E-state index contributed by atoms with van der Waals surface area (Å²) < 4.78 is 13.4. The van der Waals surface area contributed by atoms with Crippen LogP contribution in [0.1, 0.15) is 37.3 Å². The maximum atomic E-state index is 13.4. The van der Waals surface area contributed by atoms with Crippen molar-refractivity contribution in [3.63, 3.8) is 0 Å². The van der Waals surface area contributed by atoms with Gasteiger partial charge in [0.05, 0.1) is 5.60 Å². The number of rotatable bonds is 2. The van der Waals surface area contributed by atoms with Crippen LogP contribution in [-0.2, 0) is 12.0 Å². The van der Waals surface area contributed by atoms with Gasteiger partial charge in [0.2, 0.25) is 0 Å². The van der Waals surface area contributed by atoms with Crippen molar-refractivity contribution in [2.45, 2.75) is 38.2 Å². The Morgan fingerprint density at radius 2 is 2.14 bits per heavy atom. The molecule has 0 unspecified atom stereocenters. The molecule has 0 bridgehead atoms. The van der Waals surface area contributed by atoms with E-state index in [9.17, 15) is 9.50 Å². The van der Waals surface area contributed by atoms with Gasteiger partial charge in [0.25, 0.3) is 0 Å². The van der Waals surface area contributed by atoms with Crippen molar-refractivity contribution in [3.05, 3.63) is 35.1 Å². The Labute approximate surface area is 83.6 Å². The molecule has 76 valence electrons. The molecular formula is C12H15FO. The van der Waals surface area contributed by atoms with Crippen LogP contribution < -0.4 is 0 Å². The third kappa shape index (κ3) is 1.34. The fourth-order valence-electron chi connectivity index (χ4n) is 2.13. The molecule has 0 atom stereocenters. The van der Waals surface area contributed by atoms with Crippen LogP contribution >= 0.6 is 0 Å². The van der Waals surface area contributed by atoms with E-state index in [-0.39, 0.29) is 5.82 Å². The molecule has 1 saturated carbocycles. The Balaban J connectivity index is 2.46. The molecule has 14 heavy (non-hydrogen) atoms. The van der Waals surface area contributed by atoms with Gasteiger partial charge in [0, 0.05) is 0 Å². The second-order valence-corrected chi connectivity index (χ2v) is 4.00. The summed E-state index contributed by atoms with van der Waals surface area (Å²) in [6.45, 7) is 1.92. The summed E-state index contributed by atoms with van der Waals surface area (Å²) in [6.07, 6.45) is 3.22. The second kappa shape index (κ2) is 3.35. The molecule has 1 aliphatic carbocycles. The van der Waals surface area contributed by atoms with E-state index in [0.29, 0.717) is 12.0 Å². The lowest BCUT2D eigenvalue weighted by atomic mass is 9.73. The van der Waals surface area contributed by atoms with Crippen LogP contribution in [0.15, 0.2) is 18.2 Å². The van der Waals surface area contributed by atoms with Gasteiger partial charge in [-0.15, -0.1) is 0 Å². The normalized spacial score (nSPS) is 19.1. The highest BCUT2D eigenvalue weighted by Gasteiger charge is 2.38. The van der Waals surface area contributed by atoms with E-state index in [4.69, 9.17) is 0 Å². The van der Waals surface area contributed by atoms with Crippen molar-refractivity contribution in [2.75, 3.05) is 0 Å². The summed E-state index contributed by atoms with van der Waals surface area (Å²) in [5, 5.41) is 10.2. The summed E-state index contributed by atoms with van der Waals surface area (Å²) in [6, 6.07) is 4.99. The zero-order chi connectivity index (χ0) is 10.2. The van der Waals surface area contributed by atoms with E-state index in [1.165, 1.54) is 6.07 Å². The fraction of sp³-hybridized carbons (Fsp3) is 0.500. The lowest BCUT2D eigenvalue weighted by Gasteiger charge is -2.38. The van der Waals surface area contributed by atoms with Gasteiger partial charge in [-0.25, -0.2) is 4.39 Å². The minimum Gasteiger partial charge on any atom is -0.385 e. The van der Waals surface area contributed by atoms with Gasteiger partial charge in [-0.2, -0.15) is 0 Å². The molecule has 0 amide bonds. The number of hydrogen-bond donors (Lipinski definition) is 1. The maximum absolute atomic E-state index is 13.4. The predicted molar refractivity (Wildman–Crippen MR) is 53.5 cm³/mol. The molecule has 2 heteroatoms. The first-order valence-electron chi connectivity index (χ1n) is 5.17. The van der Waals surface area contributed by atoms with Gasteiger partial charge in [-0.1, -0.05) is 19.1 Å². The summed E-state index contributed by atoms with van der Waals surface area (Å²) in [4.78, 5) is 0. The molecule has 0 saturated heterocycles. The molecule has 0 aromatic heterocycles. The fourth-order valence-corrected chi connectivity index (χ4v) is 2.13. The molecule has 0 heterocycles. The predicted octanol–water partition coefficient (Wildman–Crippen LogP) is 2.76. The molecule has 2 rings (SSSR count). The first-order valence-corrected chi connectivity index (χ1v) is 5.17. The van der Waals surface area contributed by atoms with E-state index in [0.717, 1.165) is 24.8 Å². The van der Waals surface area contributed by atoms with Gasteiger partial charge in [-0.05, 0) is 42.9 Å². The van der Waals surface area contributed by atoms with Crippen LogP contribution in [0.3, 0.4) is 0 Å². The van der Waals surface area contributed by atoms with Crippen molar-refractivity contribution >= 4 is 0 Å². The third-order valence-electron chi connectivity index (χ3n) is 3.15. The van der Waals surface area contributed by atoms with Gasteiger partial charge < -0.3 is 5.11 Å². The molecule has 1 fully saturated rings. The standard InChI is InChI=1S/C12H15FO/c1-2-9-10(5-3-6-11(9)13)12(14)7-4-8-12/h3,5-6,14H,2,4,7-8H2,1H3. The molecule has 0 spiro atoms. The SMILES string of the molecule is CCc1c(F)cccc1C1(O)CCC1. The number of benzene rings is 1. The topological polar surface area (TPSA) is 20.2 Å². The molecule has 1 aliphatic rings. The van der Waals surface area contributed by atoms with E-state index in [2.05, 4.69) is 0 Å². The first kappa shape index (κ1) is 9.66. The van der Waals surface area contributed by atoms with Gasteiger partial charge in [0.15, 0.2) is 0 Å². The summed E-state index contributed by atoms with van der Waals surface area (Å²) in [5.41, 5.74) is 0.730. The third-order valence-corrected chi connectivity index (χ3v) is 3.15. The molecule has 1 aromatic carbocycles. The molecular weight excluding hydrogens is 179 g/mol. The smallest absolute Gasteiger partial charge is 0.126 e. The second-order valence-electron chi connectivity index (χ2n) is 4.00. The Bertz CT molecular complexity index is 342. The van der Waals surface area contributed by atoms with E-state index >= 15 is 0 Å². The van der Waals surface area contributed by atoms with Crippen molar-refractivity contribution in [3.8, 4) is 0 Å². The van der Waals surface area contributed by atoms with Crippen LogP contribution in [0.25, 0.3) is 0 Å². The number of halogens is 1. The zero-order valence-corrected chi connectivity index (χ0v) is 8.39. The van der Waals surface area contributed by atoms with E-state index < -0.39 is 5.60 Å². The van der Waals surface area contributed by atoms with Crippen molar-refractivity contribution in [1.82, 2.24) is 0 Å². The van der Waals surface area contributed by atoms with Crippen molar-refractivity contribution in [2.24, 2.45) is 0 Å². The Morgan fingerprint density at radius 1 is 1.43 bits per heavy atom. The molecule has 1 N–H and O–H groups in total. The summed E-state index contributed by atoms with van der Waals surface area (Å²) in [7, 11) is 0. The zero-order valence-electron chi connectivity index (χ0n) is 8.39. The largest absolute Gasteiger partial charge is 0.385 e. The van der Waals surface area contributed by atoms with E-state index in [1.54, 1.807) is 6.07 Å². The molecule has 1 nitrogen and oxygen atoms in total. The Hall–Kier alpha value is -0.890.